The summed E-state index contributed by atoms with van der Waals surface area (Å²) in [6.45, 7) is 7.40. The van der Waals surface area contributed by atoms with Crippen LogP contribution in [0.2, 0.25) is 0 Å². The van der Waals surface area contributed by atoms with Crippen molar-refractivity contribution in [1.29, 1.82) is 0 Å². The van der Waals surface area contributed by atoms with Gasteiger partial charge in [0.1, 0.15) is 18.3 Å². The Morgan fingerprint density at radius 1 is 1.30 bits per heavy atom. The molecule has 3 rings (SSSR count). The highest BCUT2D eigenvalue weighted by atomic mass is 16.5. The predicted octanol–water partition coefficient (Wildman–Crippen LogP) is 2.94. The zero-order chi connectivity index (χ0) is 15.0. The highest BCUT2D eigenvalue weighted by Gasteiger charge is 2.08. The summed E-state index contributed by atoms with van der Waals surface area (Å²) in [6.07, 6.45) is 8.23. The number of rotatable bonds is 1. The molecule has 0 amide bonds. The molecule has 3 aromatic rings. The number of carbonyl (C=O) groups is 1. The average Bonchev–Trinajstić information content (AvgIpc) is 3.13. The quantitative estimate of drug-likeness (QED) is 0.638. The fraction of sp³-hybridized carbons (Fsp3) is 0.286. The molecule has 0 unspecified atom stereocenters. The molecule has 0 atom stereocenters. The fourth-order valence-corrected chi connectivity index (χ4v) is 1.45. The Bertz CT molecular complexity index is 627. The summed E-state index contributed by atoms with van der Waals surface area (Å²) in [5, 5.41) is 3.35. The number of aromatic nitrogens is 4. The van der Waals surface area contributed by atoms with Crippen molar-refractivity contribution in [3.8, 4) is 0 Å². The number of ketones is 1. The van der Waals surface area contributed by atoms with E-state index in [-0.39, 0.29) is 5.78 Å². The van der Waals surface area contributed by atoms with E-state index in [0.717, 1.165) is 11.2 Å². The molecule has 0 bridgehead atoms. The van der Waals surface area contributed by atoms with Gasteiger partial charge in [-0.05, 0) is 13.0 Å². The molecular weight excluding hydrogens is 256 g/mol. The van der Waals surface area contributed by atoms with Crippen LogP contribution in [0.25, 0.3) is 5.52 Å². The van der Waals surface area contributed by atoms with Gasteiger partial charge in [-0.2, -0.15) is 0 Å². The summed E-state index contributed by atoms with van der Waals surface area (Å²) in [4.78, 5) is 19.2. The Morgan fingerprint density at radius 2 is 2.05 bits per heavy atom. The van der Waals surface area contributed by atoms with Crippen molar-refractivity contribution in [1.82, 2.24) is 19.5 Å². The largest absolute Gasteiger partial charge is 0.365 e. The van der Waals surface area contributed by atoms with Gasteiger partial charge in [-0.1, -0.05) is 19.0 Å². The van der Waals surface area contributed by atoms with Crippen LogP contribution < -0.4 is 0 Å². The molecule has 3 heterocycles. The molecule has 0 aliphatic carbocycles. The highest BCUT2D eigenvalue weighted by molar-refractivity contribution is 5.98. The second-order valence-electron chi connectivity index (χ2n) is 3.66. The Hall–Kier alpha value is -2.50. The second-order valence-corrected chi connectivity index (χ2v) is 3.66. The van der Waals surface area contributed by atoms with Gasteiger partial charge in [-0.3, -0.25) is 9.78 Å². The van der Waals surface area contributed by atoms with Gasteiger partial charge in [0.05, 0.1) is 23.6 Å². The summed E-state index contributed by atoms with van der Waals surface area (Å²) in [6, 6.07) is 1.72. The molecule has 3 aromatic heterocycles. The Labute approximate surface area is 117 Å². The minimum absolute atomic E-state index is 0.0341. The zero-order valence-electron chi connectivity index (χ0n) is 12.1. The maximum Gasteiger partial charge on any atom is 0.180 e. The number of nitrogens with zero attached hydrogens (tertiary/aromatic N) is 4. The maximum atomic E-state index is 11.1. The SMILES string of the molecule is CC.CC(=O)c1ncn2cc(C)ncc12.c1cnoc1. The molecule has 20 heavy (non-hydrogen) atoms. The van der Waals surface area contributed by atoms with Crippen molar-refractivity contribution < 1.29 is 9.32 Å². The van der Waals surface area contributed by atoms with Gasteiger partial charge in [0, 0.05) is 13.1 Å². The minimum atomic E-state index is -0.0341. The number of imidazole rings is 1. The van der Waals surface area contributed by atoms with E-state index in [4.69, 9.17) is 0 Å². The van der Waals surface area contributed by atoms with Crippen molar-refractivity contribution in [2.24, 2.45) is 0 Å². The molecule has 6 nitrogen and oxygen atoms in total. The van der Waals surface area contributed by atoms with Gasteiger partial charge in [0.15, 0.2) is 5.78 Å². The van der Waals surface area contributed by atoms with Gasteiger partial charge in [0.2, 0.25) is 0 Å². The number of carbonyl (C=O) groups excluding carboxylic acids is 1. The topological polar surface area (TPSA) is 73.3 Å². The van der Waals surface area contributed by atoms with Crippen LogP contribution in [-0.2, 0) is 0 Å². The van der Waals surface area contributed by atoms with Crippen LogP contribution in [0, 0.1) is 6.92 Å². The molecule has 6 heteroatoms. The molecule has 0 fully saturated rings. The van der Waals surface area contributed by atoms with Gasteiger partial charge in [-0.15, -0.1) is 0 Å². The molecular formula is C14H18N4O2. The Balaban J connectivity index is 0.000000239. The first-order valence-corrected chi connectivity index (χ1v) is 6.33. The number of Topliss-reactive ketones (excluding diaryl/α,β-unsaturated/α-hetero) is 1. The van der Waals surface area contributed by atoms with Crippen LogP contribution in [-0.4, -0.2) is 25.3 Å². The van der Waals surface area contributed by atoms with E-state index < -0.39 is 0 Å². The maximum absolute atomic E-state index is 11.1. The monoisotopic (exact) mass is 274 g/mol. The highest BCUT2D eigenvalue weighted by Crippen LogP contribution is 2.08. The lowest BCUT2D eigenvalue weighted by Gasteiger charge is -1.95. The van der Waals surface area contributed by atoms with Crippen LogP contribution >= 0.6 is 0 Å². The summed E-state index contributed by atoms with van der Waals surface area (Å²) in [7, 11) is 0. The summed E-state index contributed by atoms with van der Waals surface area (Å²) in [5.41, 5.74) is 2.14. The molecule has 0 saturated carbocycles. The van der Waals surface area contributed by atoms with Crippen molar-refractivity contribution in [3.63, 3.8) is 0 Å². The molecule has 0 N–H and O–H groups in total. The van der Waals surface area contributed by atoms with Gasteiger partial charge >= 0.3 is 0 Å². The smallest absolute Gasteiger partial charge is 0.180 e. The third-order valence-electron chi connectivity index (χ3n) is 2.23. The predicted molar refractivity (Wildman–Crippen MR) is 75.6 cm³/mol. The van der Waals surface area contributed by atoms with Crippen molar-refractivity contribution in [2.45, 2.75) is 27.7 Å². The number of hydrogen-bond donors (Lipinski definition) is 0. The van der Waals surface area contributed by atoms with Gasteiger partial charge < -0.3 is 8.92 Å². The third-order valence-corrected chi connectivity index (χ3v) is 2.23. The summed E-state index contributed by atoms with van der Waals surface area (Å²) >= 11 is 0. The van der Waals surface area contributed by atoms with E-state index in [2.05, 4.69) is 19.6 Å². The number of hydrogen-bond acceptors (Lipinski definition) is 5. The van der Waals surface area contributed by atoms with E-state index >= 15 is 0 Å². The van der Waals surface area contributed by atoms with E-state index in [1.54, 1.807) is 29.2 Å². The van der Waals surface area contributed by atoms with Crippen LogP contribution in [0.3, 0.4) is 0 Å². The number of fused-ring (bicyclic) bond motifs is 1. The lowest BCUT2D eigenvalue weighted by Crippen LogP contribution is -1.94. The first-order chi connectivity index (χ1) is 9.68. The molecule has 106 valence electrons. The number of aryl methyl sites for hydroxylation is 1. The Morgan fingerprint density at radius 3 is 2.55 bits per heavy atom. The van der Waals surface area contributed by atoms with Crippen LogP contribution in [0.1, 0.15) is 37.0 Å². The van der Waals surface area contributed by atoms with Crippen LogP contribution in [0.4, 0.5) is 0 Å². The molecule has 0 aromatic carbocycles. The molecule has 0 saturated heterocycles. The first-order valence-electron chi connectivity index (χ1n) is 6.33. The van der Waals surface area contributed by atoms with Crippen LogP contribution in [0.5, 0.6) is 0 Å². The fourth-order valence-electron chi connectivity index (χ4n) is 1.45. The molecule has 0 aliphatic heterocycles. The normalized spacial score (nSPS) is 9.20. The lowest BCUT2D eigenvalue weighted by molar-refractivity contribution is 0.101. The average molecular weight is 274 g/mol. The van der Waals surface area contributed by atoms with Crippen molar-refractivity contribution in [2.75, 3.05) is 0 Å². The van der Waals surface area contributed by atoms with E-state index in [0.29, 0.717) is 5.69 Å². The van der Waals surface area contributed by atoms with Crippen molar-refractivity contribution in [3.05, 3.63) is 48.6 Å². The summed E-state index contributed by atoms with van der Waals surface area (Å²) in [5.74, 6) is -0.0341. The van der Waals surface area contributed by atoms with Crippen molar-refractivity contribution >= 4 is 11.3 Å². The van der Waals surface area contributed by atoms with E-state index in [1.165, 1.54) is 13.2 Å². The zero-order valence-corrected chi connectivity index (χ0v) is 12.1. The Kier molecular flexibility index (Phi) is 6.09. The van der Waals surface area contributed by atoms with Gasteiger partial charge in [-0.25, -0.2) is 4.98 Å². The molecule has 0 aliphatic rings. The molecule has 0 radical (unpaired) electrons. The van der Waals surface area contributed by atoms with Crippen LogP contribution in [0.15, 0.2) is 41.8 Å². The van der Waals surface area contributed by atoms with Gasteiger partial charge in [0.25, 0.3) is 0 Å². The lowest BCUT2D eigenvalue weighted by atomic mass is 10.3. The standard InChI is InChI=1S/C9H9N3O.C3H3NO.C2H6/c1-6-4-12-5-11-9(7(2)13)8(12)3-10-6;1-2-4-5-3-1;1-2/h3-5H,1-2H3;1-3H;1-2H3. The van der Waals surface area contributed by atoms with E-state index in [9.17, 15) is 4.79 Å². The second kappa shape index (κ2) is 7.83. The molecule has 0 spiro atoms. The first kappa shape index (κ1) is 15.6. The van der Waals surface area contributed by atoms with E-state index in [1.807, 2.05) is 27.0 Å². The minimum Gasteiger partial charge on any atom is -0.365 e. The summed E-state index contributed by atoms with van der Waals surface area (Å²) < 4.78 is 6.14. The third kappa shape index (κ3) is 4.01.